The molecule has 10 nitrogen and oxygen atoms in total. The van der Waals surface area contributed by atoms with Crippen LogP contribution in [0.1, 0.15) is 40.7 Å². The van der Waals surface area contributed by atoms with Crippen molar-refractivity contribution < 1.29 is 28.7 Å². The standard InChI is InChI=1S/C47H46N3O7P/c1-55-49-43-30-33-50(44(51)48-43)47(40-26-14-5-15-27-40,41-28-16-6-17-29-41)45(31-18-7-19-32-45)34-42(56-36-58(52,53)54)35-57-46(37-20-8-2-9-21-37,38-22-10-3-11-23-38)39-24-12-4-13-25-39/h2-31,33,42H,32,34-36H2,1H3,(H,48,49,51)(H2,52,53,54)/t42?,45-/m0/s1. The van der Waals surface area contributed by atoms with E-state index in [1.807, 2.05) is 170 Å². The summed E-state index contributed by atoms with van der Waals surface area (Å²) >= 11 is 0. The van der Waals surface area contributed by atoms with Crippen molar-refractivity contribution in [3.63, 3.8) is 0 Å². The second-order valence-electron chi connectivity index (χ2n) is 14.2. The second kappa shape index (κ2) is 17.8. The molecule has 7 rings (SSSR count). The van der Waals surface area contributed by atoms with Crippen LogP contribution in [0, 0.1) is 5.41 Å². The van der Waals surface area contributed by atoms with E-state index in [0.717, 1.165) is 27.8 Å². The zero-order valence-electron chi connectivity index (χ0n) is 32.1. The highest BCUT2D eigenvalue weighted by Gasteiger charge is 2.55. The lowest BCUT2D eigenvalue weighted by Gasteiger charge is -2.52. The van der Waals surface area contributed by atoms with E-state index < -0.39 is 42.3 Å². The number of hydrogen-bond acceptors (Lipinski definition) is 7. The van der Waals surface area contributed by atoms with Gasteiger partial charge < -0.3 is 19.3 Å². The first-order chi connectivity index (χ1) is 28.2. The number of ether oxygens (including phenoxy) is 2. The van der Waals surface area contributed by atoms with Crippen LogP contribution >= 0.6 is 7.60 Å². The van der Waals surface area contributed by atoms with Crippen LogP contribution in [0.2, 0.25) is 0 Å². The molecule has 0 fully saturated rings. The number of anilines is 1. The van der Waals surface area contributed by atoms with Gasteiger partial charge in [0, 0.05) is 11.6 Å². The highest BCUT2D eigenvalue weighted by Crippen LogP contribution is 2.55. The molecule has 1 aromatic heterocycles. The maximum absolute atomic E-state index is 14.5. The van der Waals surface area contributed by atoms with Gasteiger partial charge in [-0.3, -0.25) is 14.0 Å². The summed E-state index contributed by atoms with van der Waals surface area (Å²) in [7, 11) is -3.22. The maximum Gasteiger partial charge on any atom is 0.350 e. The first-order valence-electron chi connectivity index (χ1n) is 19.0. The molecule has 1 heterocycles. The molecular weight excluding hydrogens is 750 g/mol. The third-order valence-electron chi connectivity index (χ3n) is 10.7. The molecule has 2 atom stereocenters. The Labute approximate surface area is 338 Å². The predicted molar refractivity (Wildman–Crippen MR) is 225 cm³/mol. The van der Waals surface area contributed by atoms with Crippen molar-refractivity contribution in [1.82, 2.24) is 9.55 Å². The average molecular weight is 796 g/mol. The van der Waals surface area contributed by atoms with Crippen LogP contribution in [0.4, 0.5) is 5.82 Å². The van der Waals surface area contributed by atoms with Crippen LogP contribution in [0.25, 0.3) is 0 Å². The van der Waals surface area contributed by atoms with E-state index >= 15 is 0 Å². The lowest BCUT2D eigenvalue weighted by Crippen LogP contribution is -2.56. The lowest BCUT2D eigenvalue weighted by atomic mass is 9.57. The SMILES string of the molecule is CONc1ccn(C(c2ccccc2)(c2ccccc2)[C@@]2(CC(COC(c3ccccc3)(c3ccccc3)c3ccccc3)OCP(=O)(O)O)C=CC=CC2)c(=O)n1. The summed E-state index contributed by atoms with van der Waals surface area (Å²) in [6, 6.07) is 50.9. The molecule has 296 valence electrons. The normalized spacial score (nSPS) is 16.2. The molecule has 0 aliphatic heterocycles. The first kappa shape index (κ1) is 40.5. The second-order valence-corrected chi connectivity index (χ2v) is 15.8. The number of hydrogen-bond donors (Lipinski definition) is 3. The number of benzene rings is 5. The van der Waals surface area contributed by atoms with Crippen LogP contribution in [0.15, 0.2) is 193 Å². The number of aromatic nitrogens is 2. The predicted octanol–water partition coefficient (Wildman–Crippen LogP) is 8.43. The van der Waals surface area contributed by atoms with Crippen molar-refractivity contribution in [2.45, 2.75) is 30.1 Å². The Morgan fingerprint density at radius 1 is 0.741 bits per heavy atom. The van der Waals surface area contributed by atoms with Crippen LogP contribution < -0.4 is 11.2 Å². The van der Waals surface area contributed by atoms with Gasteiger partial charge in [-0.05, 0) is 46.7 Å². The third kappa shape index (κ3) is 8.17. The highest BCUT2D eigenvalue weighted by molar-refractivity contribution is 7.51. The summed E-state index contributed by atoms with van der Waals surface area (Å²) in [5.41, 5.74) is 2.84. The van der Waals surface area contributed by atoms with Crippen LogP contribution in [0.3, 0.4) is 0 Å². The van der Waals surface area contributed by atoms with Gasteiger partial charge >= 0.3 is 13.3 Å². The molecule has 0 saturated carbocycles. The van der Waals surface area contributed by atoms with Gasteiger partial charge in [0.15, 0.2) is 5.82 Å². The first-order valence-corrected chi connectivity index (χ1v) is 20.8. The highest BCUT2D eigenvalue weighted by atomic mass is 31.2. The lowest BCUT2D eigenvalue weighted by molar-refractivity contribution is -0.0752. The number of nitrogens with zero attached hydrogens (tertiary/aromatic N) is 2. The molecule has 58 heavy (non-hydrogen) atoms. The quantitative estimate of drug-likeness (QED) is 0.0473. The van der Waals surface area contributed by atoms with E-state index in [1.54, 1.807) is 16.8 Å². The number of nitrogens with one attached hydrogen (secondary N) is 1. The Kier molecular flexibility index (Phi) is 12.4. The summed E-state index contributed by atoms with van der Waals surface area (Å²) in [5.74, 6) is 0.238. The van der Waals surface area contributed by atoms with Gasteiger partial charge in [0.05, 0.1) is 19.8 Å². The molecular formula is C47H46N3O7P. The molecule has 1 unspecified atom stereocenters. The zero-order valence-corrected chi connectivity index (χ0v) is 33.0. The third-order valence-corrected chi connectivity index (χ3v) is 11.2. The van der Waals surface area contributed by atoms with E-state index in [4.69, 9.17) is 14.3 Å². The van der Waals surface area contributed by atoms with E-state index in [0.29, 0.717) is 6.42 Å². The fourth-order valence-electron chi connectivity index (χ4n) is 8.43. The molecule has 0 radical (unpaired) electrons. The van der Waals surface area contributed by atoms with Gasteiger partial charge in [0.25, 0.3) is 0 Å². The molecule has 0 bridgehead atoms. The summed E-state index contributed by atoms with van der Waals surface area (Å²) in [6.45, 7) is -0.0957. The van der Waals surface area contributed by atoms with Crippen LogP contribution in [0.5, 0.6) is 0 Å². The molecule has 11 heteroatoms. The Morgan fingerprint density at radius 2 is 1.22 bits per heavy atom. The van der Waals surface area contributed by atoms with Crippen molar-refractivity contribution in [1.29, 1.82) is 0 Å². The van der Waals surface area contributed by atoms with E-state index in [1.165, 1.54) is 7.11 Å². The molecule has 5 aromatic carbocycles. The minimum absolute atomic E-state index is 0.0957. The Balaban J connectivity index is 1.45. The minimum atomic E-state index is -4.66. The molecule has 6 aromatic rings. The average Bonchev–Trinajstić information content (AvgIpc) is 3.26. The Hall–Kier alpha value is -5.71. The van der Waals surface area contributed by atoms with Crippen LogP contribution in [-0.4, -0.2) is 45.5 Å². The maximum atomic E-state index is 14.5. The van der Waals surface area contributed by atoms with Gasteiger partial charge in [-0.15, -0.1) is 0 Å². The fourth-order valence-corrected chi connectivity index (χ4v) is 8.84. The van der Waals surface area contributed by atoms with Crippen molar-refractivity contribution >= 4 is 13.4 Å². The summed E-state index contributed by atoms with van der Waals surface area (Å²) in [6.07, 6.45) is 8.53. The van der Waals surface area contributed by atoms with E-state index in [2.05, 4.69) is 16.5 Å². The van der Waals surface area contributed by atoms with Crippen molar-refractivity contribution in [3.05, 3.63) is 227 Å². The monoisotopic (exact) mass is 795 g/mol. The summed E-state index contributed by atoms with van der Waals surface area (Å²) in [5, 5.41) is 0. The summed E-state index contributed by atoms with van der Waals surface area (Å²) in [4.78, 5) is 44.5. The number of allylic oxidation sites excluding steroid dienone is 4. The molecule has 3 N–H and O–H groups in total. The van der Waals surface area contributed by atoms with E-state index in [9.17, 15) is 19.1 Å². The van der Waals surface area contributed by atoms with E-state index in [-0.39, 0.29) is 18.8 Å². The number of rotatable bonds is 17. The summed E-state index contributed by atoms with van der Waals surface area (Å²) < 4.78 is 27.9. The van der Waals surface area contributed by atoms with Crippen LogP contribution in [-0.2, 0) is 30.0 Å². The van der Waals surface area contributed by atoms with Gasteiger partial charge in [0.2, 0.25) is 0 Å². The molecule has 0 saturated heterocycles. The largest absolute Gasteiger partial charge is 0.363 e. The molecule has 1 aliphatic carbocycles. The Morgan fingerprint density at radius 3 is 1.64 bits per heavy atom. The topological polar surface area (TPSA) is 132 Å². The Bertz CT molecular complexity index is 2270. The minimum Gasteiger partial charge on any atom is -0.363 e. The van der Waals surface area contributed by atoms with Crippen molar-refractivity contribution in [2.75, 3.05) is 25.5 Å². The van der Waals surface area contributed by atoms with Crippen molar-refractivity contribution in [3.8, 4) is 0 Å². The molecule has 0 spiro atoms. The van der Waals surface area contributed by atoms with Gasteiger partial charge in [-0.25, -0.2) is 10.3 Å². The van der Waals surface area contributed by atoms with Gasteiger partial charge in [-0.2, -0.15) is 4.98 Å². The molecule has 1 aliphatic rings. The van der Waals surface area contributed by atoms with Gasteiger partial charge in [0.1, 0.15) is 17.5 Å². The van der Waals surface area contributed by atoms with Gasteiger partial charge in [-0.1, -0.05) is 176 Å². The zero-order chi connectivity index (χ0) is 40.5. The molecule has 0 amide bonds. The fraction of sp³-hybridized carbons (Fsp3) is 0.191. The smallest absolute Gasteiger partial charge is 0.350 e. The van der Waals surface area contributed by atoms with Crippen molar-refractivity contribution in [2.24, 2.45) is 5.41 Å².